The van der Waals surface area contributed by atoms with E-state index in [0.29, 0.717) is 0 Å². The molecule has 2 rings (SSSR count). The van der Waals surface area contributed by atoms with Gasteiger partial charge in [-0.05, 0) is 114 Å². The molecule has 0 unspecified atom stereocenters. The largest absolute Gasteiger partial charge is 0.0914 e. The second-order valence-corrected chi connectivity index (χ2v) is 9.10. The lowest BCUT2D eigenvalue weighted by atomic mass is 9.69. The Morgan fingerprint density at radius 2 is 1.26 bits per heavy atom. The Balaban J connectivity index is 1.75. The van der Waals surface area contributed by atoms with Crippen molar-refractivity contribution < 1.29 is 0 Å². The number of hydrogen-bond acceptors (Lipinski definition) is 0. The number of hydrogen-bond donors (Lipinski definition) is 0. The van der Waals surface area contributed by atoms with Crippen molar-refractivity contribution in [1.29, 1.82) is 0 Å². The van der Waals surface area contributed by atoms with Gasteiger partial charge in [0.1, 0.15) is 0 Å². The Bertz CT molecular complexity index is 312. The summed E-state index contributed by atoms with van der Waals surface area (Å²) >= 11 is 6.99. The van der Waals surface area contributed by atoms with E-state index in [2.05, 4.69) is 57.0 Å². The predicted octanol–water partition coefficient (Wildman–Crippen LogP) is 6.81. The fourth-order valence-corrected chi connectivity index (χ4v) is 4.79. The zero-order valence-electron chi connectivity index (χ0n) is 12.0. The molecule has 19 heavy (non-hydrogen) atoms. The Morgan fingerprint density at radius 3 is 1.68 bits per heavy atom. The zero-order chi connectivity index (χ0) is 13.7. The van der Waals surface area contributed by atoms with Crippen LogP contribution in [0, 0.1) is 23.7 Å². The molecule has 0 aromatic rings. The van der Waals surface area contributed by atoms with Gasteiger partial charge in [-0.2, -0.15) is 0 Å². The Labute approximate surface area is 135 Å². The van der Waals surface area contributed by atoms with Crippen LogP contribution in [0.15, 0.2) is 21.6 Å². The molecule has 0 radical (unpaired) electrons. The summed E-state index contributed by atoms with van der Waals surface area (Å²) in [5.41, 5.74) is 0. The van der Waals surface area contributed by atoms with Crippen molar-refractivity contribution in [2.45, 2.75) is 58.3 Å². The molecule has 0 saturated heterocycles. The van der Waals surface area contributed by atoms with Crippen LogP contribution in [0.25, 0.3) is 0 Å². The minimum atomic E-state index is 0.796. The summed E-state index contributed by atoms with van der Waals surface area (Å²) in [5, 5.41) is 0. The maximum absolute atomic E-state index is 3.49. The summed E-state index contributed by atoms with van der Waals surface area (Å²) < 4.78 is 1.13. The molecule has 0 amide bonds. The van der Waals surface area contributed by atoms with Crippen molar-refractivity contribution in [3.63, 3.8) is 0 Å². The molecule has 108 valence electrons. The van der Waals surface area contributed by atoms with Crippen LogP contribution in [0.1, 0.15) is 58.3 Å². The molecular formula is C17H26Br2. The number of halogens is 2. The molecule has 0 aromatic carbocycles. The highest BCUT2D eigenvalue weighted by Crippen LogP contribution is 2.42. The SMILES string of the molecule is C/C=C/C1CCC([C@H]2CC[C@H](C=C(Br)Br)CC2)CC1. The van der Waals surface area contributed by atoms with Crippen molar-refractivity contribution in [2.24, 2.45) is 23.7 Å². The molecule has 0 spiro atoms. The van der Waals surface area contributed by atoms with Crippen LogP contribution in [0.4, 0.5) is 0 Å². The fourth-order valence-electron chi connectivity index (χ4n) is 4.04. The highest BCUT2D eigenvalue weighted by Gasteiger charge is 2.29. The van der Waals surface area contributed by atoms with Gasteiger partial charge < -0.3 is 0 Å². The lowest BCUT2D eigenvalue weighted by Gasteiger charge is -2.36. The van der Waals surface area contributed by atoms with E-state index in [9.17, 15) is 0 Å². The Kier molecular flexibility index (Phi) is 6.68. The number of rotatable bonds is 3. The number of allylic oxidation sites excluding steroid dienone is 3. The lowest BCUT2D eigenvalue weighted by molar-refractivity contribution is 0.166. The van der Waals surface area contributed by atoms with E-state index in [-0.39, 0.29) is 0 Å². The average molecular weight is 390 g/mol. The first-order chi connectivity index (χ1) is 9.19. The van der Waals surface area contributed by atoms with Crippen LogP contribution >= 0.6 is 31.9 Å². The van der Waals surface area contributed by atoms with Crippen LogP contribution in [-0.2, 0) is 0 Å². The molecule has 2 aliphatic rings. The van der Waals surface area contributed by atoms with Crippen LogP contribution in [0.3, 0.4) is 0 Å². The van der Waals surface area contributed by atoms with E-state index in [1.54, 1.807) is 0 Å². The molecule has 0 heterocycles. The summed E-state index contributed by atoms with van der Waals surface area (Å²) in [5.74, 6) is 3.72. The topological polar surface area (TPSA) is 0 Å². The minimum absolute atomic E-state index is 0.796. The maximum atomic E-state index is 3.49. The highest BCUT2D eigenvalue weighted by molar-refractivity contribution is 9.28. The first-order valence-corrected chi connectivity index (χ1v) is 9.43. The van der Waals surface area contributed by atoms with Gasteiger partial charge in [0.25, 0.3) is 0 Å². The van der Waals surface area contributed by atoms with Gasteiger partial charge in [0.05, 0.1) is 3.39 Å². The van der Waals surface area contributed by atoms with Crippen molar-refractivity contribution in [2.75, 3.05) is 0 Å². The predicted molar refractivity (Wildman–Crippen MR) is 91.6 cm³/mol. The zero-order valence-corrected chi connectivity index (χ0v) is 15.1. The van der Waals surface area contributed by atoms with Gasteiger partial charge in [0, 0.05) is 0 Å². The third-order valence-corrected chi connectivity index (χ3v) is 5.65. The van der Waals surface area contributed by atoms with Gasteiger partial charge in [-0.1, -0.05) is 18.2 Å². The molecule has 2 heteroatoms. The molecule has 2 saturated carbocycles. The Morgan fingerprint density at radius 1 is 0.789 bits per heavy atom. The molecule has 2 aliphatic carbocycles. The smallest absolute Gasteiger partial charge is 0.0567 e. The molecule has 0 nitrogen and oxygen atoms in total. The van der Waals surface area contributed by atoms with E-state index in [4.69, 9.17) is 0 Å². The van der Waals surface area contributed by atoms with Gasteiger partial charge in [-0.25, -0.2) is 0 Å². The van der Waals surface area contributed by atoms with E-state index >= 15 is 0 Å². The van der Waals surface area contributed by atoms with Gasteiger partial charge in [0.15, 0.2) is 0 Å². The molecule has 0 aromatic heterocycles. The van der Waals surface area contributed by atoms with Crippen LogP contribution in [-0.4, -0.2) is 0 Å². The second kappa shape index (κ2) is 8.02. The summed E-state index contributed by atoms with van der Waals surface area (Å²) in [4.78, 5) is 0. The molecule has 2 fully saturated rings. The average Bonchev–Trinajstić information content (AvgIpc) is 2.40. The van der Waals surface area contributed by atoms with Gasteiger partial charge in [-0.15, -0.1) is 0 Å². The first kappa shape index (κ1) is 15.8. The van der Waals surface area contributed by atoms with E-state index < -0.39 is 0 Å². The summed E-state index contributed by atoms with van der Waals surface area (Å²) in [6.45, 7) is 2.16. The Hall–Kier alpha value is 0.440. The van der Waals surface area contributed by atoms with E-state index in [1.165, 1.54) is 51.4 Å². The summed E-state index contributed by atoms with van der Waals surface area (Å²) in [6, 6.07) is 0. The van der Waals surface area contributed by atoms with Crippen LogP contribution in [0.2, 0.25) is 0 Å². The first-order valence-electron chi connectivity index (χ1n) is 7.84. The third kappa shape index (κ3) is 5.04. The minimum Gasteiger partial charge on any atom is -0.0914 e. The standard InChI is InChI=1S/C17H26Br2/c1-2-3-13-4-8-15(9-5-13)16-10-6-14(7-11-16)12-17(18)19/h2-3,12-16H,4-11H2,1H3/b3-2+/t13?,14-,15?,16-. The lowest BCUT2D eigenvalue weighted by Crippen LogP contribution is -2.25. The third-order valence-electron chi connectivity index (χ3n) is 5.13. The van der Waals surface area contributed by atoms with Crippen molar-refractivity contribution in [3.8, 4) is 0 Å². The van der Waals surface area contributed by atoms with Gasteiger partial charge in [-0.3, -0.25) is 0 Å². The normalized spacial score (nSPS) is 36.4. The molecular weight excluding hydrogens is 364 g/mol. The molecule has 0 atom stereocenters. The maximum Gasteiger partial charge on any atom is 0.0567 e. The van der Waals surface area contributed by atoms with Crippen molar-refractivity contribution in [1.82, 2.24) is 0 Å². The van der Waals surface area contributed by atoms with Crippen LogP contribution in [0.5, 0.6) is 0 Å². The molecule has 0 aliphatic heterocycles. The molecule has 0 bridgehead atoms. The molecule has 0 N–H and O–H groups in total. The van der Waals surface area contributed by atoms with Crippen LogP contribution < -0.4 is 0 Å². The van der Waals surface area contributed by atoms with Gasteiger partial charge >= 0.3 is 0 Å². The summed E-state index contributed by atoms with van der Waals surface area (Å²) in [7, 11) is 0. The quantitative estimate of drug-likeness (QED) is 0.465. The van der Waals surface area contributed by atoms with Gasteiger partial charge in [0.2, 0.25) is 0 Å². The monoisotopic (exact) mass is 388 g/mol. The summed E-state index contributed by atoms with van der Waals surface area (Å²) in [6.07, 6.45) is 18.5. The highest BCUT2D eigenvalue weighted by atomic mass is 79.9. The van der Waals surface area contributed by atoms with E-state index in [1.807, 2.05) is 0 Å². The fraction of sp³-hybridized carbons (Fsp3) is 0.765. The van der Waals surface area contributed by atoms with E-state index in [0.717, 1.165) is 27.1 Å². The van der Waals surface area contributed by atoms with Crippen molar-refractivity contribution in [3.05, 3.63) is 21.6 Å². The van der Waals surface area contributed by atoms with Crippen molar-refractivity contribution >= 4 is 31.9 Å². The second-order valence-electron chi connectivity index (χ2n) is 6.33.